The fraction of sp³-hybridized carbons (Fsp3) is 0.367. The third kappa shape index (κ3) is 6.40. The van der Waals surface area contributed by atoms with Gasteiger partial charge in [0.15, 0.2) is 5.78 Å². The van der Waals surface area contributed by atoms with E-state index in [1.165, 1.54) is 11.1 Å². The lowest BCUT2D eigenvalue weighted by atomic mass is 9.69. The highest BCUT2D eigenvalue weighted by Crippen LogP contribution is 2.43. The molecule has 3 rings (SSSR count). The lowest BCUT2D eigenvalue weighted by Gasteiger charge is -2.36. The van der Waals surface area contributed by atoms with Crippen LogP contribution in [0.2, 0.25) is 0 Å². The van der Waals surface area contributed by atoms with Crippen LogP contribution < -0.4 is 0 Å². The third-order valence-corrected chi connectivity index (χ3v) is 5.92. The van der Waals surface area contributed by atoms with E-state index in [0.29, 0.717) is 12.3 Å². The molecule has 0 radical (unpaired) electrons. The first-order chi connectivity index (χ1) is 14.5. The first-order valence-electron chi connectivity index (χ1n) is 11.3. The van der Waals surface area contributed by atoms with Crippen LogP contribution in [0.5, 0.6) is 0 Å². The summed E-state index contributed by atoms with van der Waals surface area (Å²) in [6, 6.07) is 26.9. The third-order valence-electron chi connectivity index (χ3n) is 5.92. The predicted octanol–water partition coefficient (Wildman–Crippen LogP) is 8.34. The lowest BCUT2D eigenvalue weighted by Crippen LogP contribution is -2.23. The number of benzene rings is 3. The summed E-state index contributed by atoms with van der Waals surface area (Å²) < 4.78 is 0. The molecule has 3 aromatic rings. The fourth-order valence-corrected chi connectivity index (χ4v) is 4.17. The SMILES string of the molecule is CC(C)(C)CC(c1ccc(CC(=O)c2ccc(-c3ccccc3)cc2)cc1)C(C)(C)C. The molecule has 0 aliphatic heterocycles. The van der Waals surface area contributed by atoms with Crippen LogP contribution in [0.15, 0.2) is 78.9 Å². The summed E-state index contributed by atoms with van der Waals surface area (Å²) in [4.78, 5) is 12.8. The summed E-state index contributed by atoms with van der Waals surface area (Å²) in [6.45, 7) is 13.9. The zero-order chi connectivity index (χ0) is 22.6. The molecule has 1 nitrogen and oxygen atoms in total. The Morgan fingerprint density at radius 1 is 0.710 bits per heavy atom. The van der Waals surface area contributed by atoms with Crippen molar-refractivity contribution in [3.05, 3.63) is 95.6 Å². The number of Topliss-reactive ketones (excluding diaryl/α,β-unsaturated/α-hetero) is 1. The van der Waals surface area contributed by atoms with Crippen molar-refractivity contribution in [2.75, 3.05) is 0 Å². The van der Waals surface area contributed by atoms with Crippen molar-refractivity contribution in [3.8, 4) is 11.1 Å². The molecule has 0 amide bonds. The molecule has 1 atom stereocenters. The molecule has 0 aliphatic rings. The first kappa shape index (κ1) is 23.0. The molecule has 1 unspecified atom stereocenters. The Morgan fingerprint density at radius 2 is 1.26 bits per heavy atom. The summed E-state index contributed by atoms with van der Waals surface area (Å²) in [5.74, 6) is 0.650. The minimum atomic E-state index is 0.162. The zero-order valence-corrected chi connectivity index (χ0v) is 19.9. The largest absolute Gasteiger partial charge is 0.294 e. The van der Waals surface area contributed by atoms with E-state index in [1.807, 2.05) is 42.5 Å². The summed E-state index contributed by atoms with van der Waals surface area (Å²) >= 11 is 0. The second-order valence-corrected chi connectivity index (χ2v) is 11.0. The second-order valence-electron chi connectivity index (χ2n) is 11.0. The van der Waals surface area contributed by atoms with E-state index in [-0.39, 0.29) is 16.6 Å². The predicted molar refractivity (Wildman–Crippen MR) is 133 cm³/mol. The Labute approximate surface area is 188 Å². The number of hydrogen-bond donors (Lipinski definition) is 0. The van der Waals surface area contributed by atoms with E-state index < -0.39 is 0 Å². The summed E-state index contributed by atoms with van der Waals surface area (Å²) in [7, 11) is 0. The van der Waals surface area contributed by atoms with Crippen LogP contribution in [0.3, 0.4) is 0 Å². The smallest absolute Gasteiger partial charge is 0.167 e. The maximum absolute atomic E-state index is 12.8. The topological polar surface area (TPSA) is 17.1 Å². The normalized spacial score (nSPS) is 13.1. The molecular weight excluding hydrogens is 376 g/mol. The molecular formula is C30H36O. The highest BCUT2D eigenvalue weighted by molar-refractivity contribution is 5.97. The van der Waals surface area contributed by atoms with Gasteiger partial charge in [-0.1, -0.05) is 120 Å². The number of hydrogen-bond acceptors (Lipinski definition) is 1. The van der Waals surface area contributed by atoms with Crippen molar-refractivity contribution >= 4 is 5.78 Å². The van der Waals surface area contributed by atoms with Crippen LogP contribution in [-0.4, -0.2) is 5.78 Å². The van der Waals surface area contributed by atoms with Crippen molar-refractivity contribution < 1.29 is 4.79 Å². The maximum atomic E-state index is 12.8. The second kappa shape index (κ2) is 9.22. The van der Waals surface area contributed by atoms with Crippen LogP contribution >= 0.6 is 0 Å². The standard InChI is InChI=1S/C30H36O/c1-29(2,3)21-27(30(4,5)6)25-14-12-22(13-15-25)20-28(31)26-18-16-24(17-19-26)23-10-8-7-9-11-23/h7-19,27H,20-21H2,1-6H3. The van der Waals surface area contributed by atoms with Gasteiger partial charge in [0, 0.05) is 12.0 Å². The first-order valence-corrected chi connectivity index (χ1v) is 11.3. The van der Waals surface area contributed by atoms with E-state index >= 15 is 0 Å². The van der Waals surface area contributed by atoms with Gasteiger partial charge in [-0.3, -0.25) is 4.79 Å². The molecule has 0 N–H and O–H groups in total. The summed E-state index contributed by atoms with van der Waals surface area (Å²) in [6.07, 6.45) is 1.58. The number of carbonyl (C=O) groups excluding carboxylic acids is 1. The van der Waals surface area contributed by atoms with Crippen molar-refractivity contribution in [2.24, 2.45) is 10.8 Å². The van der Waals surface area contributed by atoms with E-state index in [9.17, 15) is 4.79 Å². The highest BCUT2D eigenvalue weighted by atomic mass is 16.1. The highest BCUT2D eigenvalue weighted by Gasteiger charge is 2.30. The Kier molecular flexibility index (Phi) is 6.84. The molecule has 31 heavy (non-hydrogen) atoms. The Balaban J connectivity index is 1.71. The molecule has 0 saturated heterocycles. The Morgan fingerprint density at radius 3 is 1.77 bits per heavy atom. The van der Waals surface area contributed by atoms with Gasteiger partial charge in [-0.2, -0.15) is 0 Å². The van der Waals surface area contributed by atoms with Crippen molar-refractivity contribution in [3.63, 3.8) is 0 Å². The fourth-order valence-electron chi connectivity index (χ4n) is 4.17. The van der Waals surface area contributed by atoms with E-state index in [1.54, 1.807) is 0 Å². The maximum Gasteiger partial charge on any atom is 0.167 e. The van der Waals surface area contributed by atoms with Gasteiger partial charge in [0.25, 0.3) is 0 Å². The summed E-state index contributed by atoms with van der Waals surface area (Å²) in [5, 5.41) is 0. The van der Waals surface area contributed by atoms with E-state index in [0.717, 1.165) is 23.1 Å². The molecule has 162 valence electrons. The monoisotopic (exact) mass is 412 g/mol. The number of carbonyl (C=O) groups is 1. The van der Waals surface area contributed by atoms with E-state index in [4.69, 9.17) is 0 Å². The van der Waals surface area contributed by atoms with Gasteiger partial charge in [-0.05, 0) is 45.4 Å². The van der Waals surface area contributed by atoms with Gasteiger partial charge in [-0.15, -0.1) is 0 Å². The minimum absolute atomic E-state index is 0.162. The molecule has 0 fully saturated rings. The summed E-state index contributed by atoms with van der Waals surface area (Å²) in [5.41, 5.74) is 5.98. The van der Waals surface area contributed by atoms with Gasteiger partial charge < -0.3 is 0 Å². The zero-order valence-electron chi connectivity index (χ0n) is 19.9. The van der Waals surface area contributed by atoms with Gasteiger partial charge in [-0.25, -0.2) is 0 Å². The van der Waals surface area contributed by atoms with Gasteiger partial charge in [0.2, 0.25) is 0 Å². The van der Waals surface area contributed by atoms with Crippen LogP contribution in [0.4, 0.5) is 0 Å². The average Bonchev–Trinajstić information content (AvgIpc) is 2.72. The average molecular weight is 413 g/mol. The molecule has 1 heteroatoms. The quantitative estimate of drug-likeness (QED) is 0.372. The lowest BCUT2D eigenvalue weighted by molar-refractivity contribution is 0.0993. The van der Waals surface area contributed by atoms with Crippen molar-refractivity contribution in [1.82, 2.24) is 0 Å². The van der Waals surface area contributed by atoms with Crippen LogP contribution in [0.1, 0.15) is 75.4 Å². The number of ketones is 1. The Bertz CT molecular complexity index is 982. The molecule has 0 aliphatic carbocycles. The molecule has 0 saturated carbocycles. The van der Waals surface area contributed by atoms with Gasteiger partial charge in [0.1, 0.15) is 0 Å². The molecule has 0 heterocycles. The number of rotatable bonds is 6. The van der Waals surface area contributed by atoms with Crippen LogP contribution in [0, 0.1) is 10.8 Å². The van der Waals surface area contributed by atoms with Gasteiger partial charge >= 0.3 is 0 Å². The van der Waals surface area contributed by atoms with Gasteiger partial charge in [0.05, 0.1) is 0 Å². The van der Waals surface area contributed by atoms with Crippen LogP contribution in [0.25, 0.3) is 11.1 Å². The van der Waals surface area contributed by atoms with Crippen molar-refractivity contribution in [1.29, 1.82) is 0 Å². The molecule has 0 bridgehead atoms. The van der Waals surface area contributed by atoms with E-state index in [2.05, 4.69) is 77.9 Å². The Hall–Kier alpha value is -2.67. The molecule has 0 spiro atoms. The van der Waals surface area contributed by atoms with Crippen molar-refractivity contribution in [2.45, 2.75) is 60.3 Å². The molecule has 3 aromatic carbocycles. The van der Waals surface area contributed by atoms with Crippen LogP contribution in [-0.2, 0) is 6.42 Å². The molecule has 0 aromatic heterocycles. The minimum Gasteiger partial charge on any atom is -0.294 e.